The van der Waals surface area contributed by atoms with Gasteiger partial charge < -0.3 is 0 Å². The number of thiophene rings is 1. The highest BCUT2D eigenvalue weighted by Crippen LogP contribution is 2.39. The molecule has 0 N–H and O–H groups in total. The molecular formula is C9H5BrF2S2. The molecule has 0 amide bonds. The van der Waals surface area contributed by atoms with Crippen molar-refractivity contribution < 1.29 is 8.78 Å². The normalized spacial score (nSPS) is 11.5. The lowest BCUT2D eigenvalue weighted by atomic mass is 10.2. The molecule has 0 radical (unpaired) electrons. The molecule has 2 rings (SSSR count). The predicted octanol–water partition coefficient (Wildman–Crippen LogP) is 4.89. The number of fused-ring (bicyclic) bond motifs is 1. The molecule has 1 aromatic carbocycles. The summed E-state index contributed by atoms with van der Waals surface area (Å²) in [5.41, 5.74) is 0.0292. The van der Waals surface area contributed by atoms with E-state index in [-0.39, 0.29) is 5.56 Å². The third-order valence-corrected chi connectivity index (χ3v) is 3.90. The molecule has 74 valence electrons. The van der Waals surface area contributed by atoms with Crippen molar-refractivity contribution >= 4 is 50.0 Å². The minimum atomic E-state index is -2.48. The Hall–Kier alpha value is -0.130. The van der Waals surface area contributed by atoms with Gasteiger partial charge in [-0.1, -0.05) is 15.9 Å². The van der Waals surface area contributed by atoms with Gasteiger partial charge in [-0.15, -0.1) is 24.0 Å². The van der Waals surface area contributed by atoms with Crippen LogP contribution in [0, 0.1) is 0 Å². The van der Waals surface area contributed by atoms with Gasteiger partial charge in [0.2, 0.25) is 0 Å². The van der Waals surface area contributed by atoms with Gasteiger partial charge >= 0.3 is 0 Å². The Labute approximate surface area is 97.5 Å². The minimum absolute atomic E-state index is 0.0292. The number of thiol groups is 1. The van der Waals surface area contributed by atoms with Crippen LogP contribution in [0.4, 0.5) is 8.78 Å². The lowest BCUT2D eigenvalue weighted by Crippen LogP contribution is -1.87. The number of alkyl halides is 2. The summed E-state index contributed by atoms with van der Waals surface area (Å²) < 4.78 is 26.8. The molecule has 0 fully saturated rings. The standard InChI is InChI=1S/C9H5BrF2S2/c10-5-3-6(13)7(9(11)12)8-4(5)1-2-14-8/h1-3,9,13H. The first-order valence-electron chi connectivity index (χ1n) is 3.78. The first-order valence-corrected chi connectivity index (χ1v) is 5.90. The van der Waals surface area contributed by atoms with Crippen molar-refractivity contribution in [3.8, 4) is 0 Å². The third kappa shape index (κ3) is 1.57. The van der Waals surface area contributed by atoms with Crippen molar-refractivity contribution in [1.82, 2.24) is 0 Å². The van der Waals surface area contributed by atoms with Crippen LogP contribution >= 0.6 is 39.9 Å². The number of benzene rings is 1. The first-order chi connectivity index (χ1) is 6.61. The van der Waals surface area contributed by atoms with Crippen molar-refractivity contribution in [1.29, 1.82) is 0 Å². The van der Waals surface area contributed by atoms with Crippen molar-refractivity contribution in [2.75, 3.05) is 0 Å². The van der Waals surface area contributed by atoms with Crippen LogP contribution in [0.1, 0.15) is 12.0 Å². The maximum atomic E-state index is 12.7. The van der Waals surface area contributed by atoms with E-state index in [9.17, 15) is 8.78 Å². The molecule has 1 aromatic heterocycles. The van der Waals surface area contributed by atoms with Crippen LogP contribution in [-0.4, -0.2) is 0 Å². The van der Waals surface area contributed by atoms with Gasteiger partial charge in [0.25, 0.3) is 6.43 Å². The van der Waals surface area contributed by atoms with Gasteiger partial charge in [0.15, 0.2) is 0 Å². The molecule has 0 unspecified atom stereocenters. The molecular weight excluding hydrogens is 290 g/mol. The topological polar surface area (TPSA) is 0 Å². The molecule has 0 nitrogen and oxygen atoms in total. The summed E-state index contributed by atoms with van der Waals surface area (Å²) in [6.45, 7) is 0. The maximum Gasteiger partial charge on any atom is 0.266 e. The highest BCUT2D eigenvalue weighted by Gasteiger charge is 2.17. The first kappa shape index (κ1) is 10.4. The summed E-state index contributed by atoms with van der Waals surface area (Å²) in [7, 11) is 0. The van der Waals surface area contributed by atoms with Crippen LogP contribution in [0.5, 0.6) is 0 Å². The Balaban J connectivity index is 2.86. The Kier molecular flexibility index (Phi) is 2.81. The molecule has 0 bridgehead atoms. The van der Waals surface area contributed by atoms with E-state index in [0.717, 1.165) is 9.86 Å². The summed E-state index contributed by atoms with van der Waals surface area (Å²) >= 11 is 8.69. The molecule has 0 atom stereocenters. The molecule has 0 aliphatic heterocycles. The van der Waals surface area contributed by atoms with E-state index >= 15 is 0 Å². The van der Waals surface area contributed by atoms with Crippen LogP contribution in [-0.2, 0) is 0 Å². The smallest absolute Gasteiger partial charge is 0.205 e. The fourth-order valence-corrected chi connectivity index (χ4v) is 3.56. The molecule has 0 saturated heterocycles. The fraction of sp³-hybridized carbons (Fsp3) is 0.111. The van der Waals surface area contributed by atoms with Crippen LogP contribution in [0.25, 0.3) is 10.1 Å². The van der Waals surface area contributed by atoms with Gasteiger partial charge in [-0.05, 0) is 17.5 Å². The summed E-state index contributed by atoms with van der Waals surface area (Å²) in [6, 6.07) is 3.43. The highest BCUT2D eigenvalue weighted by molar-refractivity contribution is 9.10. The average Bonchev–Trinajstić information content (AvgIpc) is 2.51. The maximum absolute atomic E-state index is 12.7. The van der Waals surface area contributed by atoms with E-state index in [1.165, 1.54) is 11.3 Å². The Morgan fingerprint density at radius 1 is 1.43 bits per heavy atom. The Morgan fingerprint density at radius 2 is 2.14 bits per heavy atom. The van der Waals surface area contributed by atoms with Crippen LogP contribution in [0.15, 0.2) is 26.9 Å². The van der Waals surface area contributed by atoms with Gasteiger partial charge in [-0.25, -0.2) is 8.78 Å². The Bertz CT molecular complexity index is 479. The van der Waals surface area contributed by atoms with Gasteiger partial charge in [0.05, 0.1) is 0 Å². The number of rotatable bonds is 1. The van der Waals surface area contributed by atoms with Crippen molar-refractivity contribution in [3.05, 3.63) is 27.5 Å². The molecule has 0 aliphatic rings. The zero-order chi connectivity index (χ0) is 10.3. The summed E-state index contributed by atoms with van der Waals surface area (Å²) in [4.78, 5) is 0.335. The lowest BCUT2D eigenvalue weighted by molar-refractivity contribution is 0.150. The molecule has 14 heavy (non-hydrogen) atoms. The largest absolute Gasteiger partial charge is 0.266 e. The monoisotopic (exact) mass is 294 g/mol. The van der Waals surface area contributed by atoms with Crippen LogP contribution in [0.3, 0.4) is 0 Å². The molecule has 2 aromatic rings. The van der Waals surface area contributed by atoms with Crippen molar-refractivity contribution in [2.24, 2.45) is 0 Å². The molecule has 0 saturated carbocycles. The minimum Gasteiger partial charge on any atom is -0.205 e. The summed E-state index contributed by atoms with van der Waals surface area (Å²) in [6.07, 6.45) is -2.48. The molecule has 1 heterocycles. The van der Waals surface area contributed by atoms with E-state index in [1.54, 1.807) is 11.4 Å². The van der Waals surface area contributed by atoms with E-state index in [2.05, 4.69) is 28.6 Å². The van der Waals surface area contributed by atoms with E-state index < -0.39 is 6.43 Å². The van der Waals surface area contributed by atoms with E-state index in [1.807, 2.05) is 6.07 Å². The zero-order valence-electron chi connectivity index (χ0n) is 6.80. The lowest BCUT2D eigenvalue weighted by Gasteiger charge is -2.06. The van der Waals surface area contributed by atoms with E-state index in [4.69, 9.17) is 0 Å². The predicted molar refractivity (Wildman–Crippen MR) is 61.7 cm³/mol. The third-order valence-electron chi connectivity index (χ3n) is 1.92. The van der Waals surface area contributed by atoms with Crippen molar-refractivity contribution in [3.63, 3.8) is 0 Å². The highest BCUT2D eigenvalue weighted by atomic mass is 79.9. The quantitative estimate of drug-likeness (QED) is 0.711. The summed E-state index contributed by atoms with van der Waals surface area (Å²) in [5.74, 6) is 0. The molecule has 0 aliphatic carbocycles. The second kappa shape index (κ2) is 3.79. The SMILES string of the molecule is FC(F)c1c(S)cc(Br)c2ccsc12. The fourth-order valence-electron chi connectivity index (χ4n) is 1.31. The van der Waals surface area contributed by atoms with Gasteiger partial charge in [0, 0.05) is 25.0 Å². The van der Waals surface area contributed by atoms with Gasteiger partial charge in [-0.3, -0.25) is 0 Å². The van der Waals surface area contributed by atoms with E-state index in [0.29, 0.717) is 9.60 Å². The second-order valence-corrected chi connectivity index (χ2v) is 5.01. The number of halogens is 3. The van der Waals surface area contributed by atoms with Gasteiger partial charge in [-0.2, -0.15) is 0 Å². The van der Waals surface area contributed by atoms with Crippen LogP contribution in [0.2, 0.25) is 0 Å². The zero-order valence-corrected chi connectivity index (χ0v) is 10.1. The van der Waals surface area contributed by atoms with Crippen molar-refractivity contribution in [2.45, 2.75) is 11.3 Å². The summed E-state index contributed by atoms with van der Waals surface area (Å²) in [5, 5.41) is 2.62. The average molecular weight is 295 g/mol. The number of hydrogen-bond donors (Lipinski definition) is 1. The molecule has 0 spiro atoms. The van der Waals surface area contributed by atoms with Crippen LogP contribution < -0.4 is 0 Å². The number of hydrogen-bond acceptors (Lipinski definition) is 2. The van der Waals surface area contributed by atoms with Gasteiger partial charge in [0.1, 0.15) is 0 Å². The Morgan fingerprint density at radius 3 is 2.79 bits per heavy atom. The second-order valence-electron chi connectivity index (χ2n) is 2.76. The molecule has 5 heteroatoms.